The van der Waals surface area contributed by atoms with Crippen molar-refractivity contribution >= 4 is 41.0 Å². The van der Waals surface area contributed by atoms with Crippen LogP contribution in [0.5, 0.6) is 0 Å². The van der Waals surface area contributed by atoms with Crippen LogP contribution in [-0.2, 0) is 17.4 Å². The first-order valence-corrected chi connectivity index (χ1v) is 9.56. The number of guanidine groups is 1. The van der Waals surface area contributed by atoms with Gasteiger partial charge in [-0.3, -0.25) is 14.5 Å². The quantitative estimate of drug-likeness (QED) is 0.676. The van der Waals surface area contributed by atoms with Gasteiger partial charge in [-0.15, -0.1) is 0 Å². The van der Waals surface area contributed by atoms with Gasteiger partial charge >= 0.3 is 0 Å². The average molecular weight is 405 g/mol. The third-order valence-corrected chi connectivity index (χ3v) is 5.58. The molecule has 1 amide bonds. The Balaban J connectivity index is 1.49. The van der Waals surface area contributed by atoms with Gasteiger partial charge in [0.05, 0.1) is 12.4 Å². The van der Waals surface area contributed by atoms with E-state index in [0.717, 1.165) is 5.69 Å². The summed E-state index contributed by atoms with van der Waals surface area (Å²) in [5.74, 6) is 0.364. The number of aryl methyl sites for hydroxylation is 1. The lowest BCUT2D eigenvalue weighted by Gasteiger charge is -2.25. The highest BCUT2D eigenvalue weighted by molar-refractivity contribution is 6.38. The third kappa shape index (κ3) is 2.47. The summed E-state index contributed by atoms with van der Waals surface area (Å²) in [6.45, 7) is 3.63. The van der Waals surface area contributed by atoms with Crippen molar-refractivity contribution in [3.05, 3.63) is 48.6 Å². The lowest BCUT2D eigenvalue weighted by Crippen LogP contribution is -2.44. The number of aliphatic imine (C=N–C) groups is 2. The predicted octanol–water partition coefficient (Wildman–Crippen LogP) is 1.87. The van der Waals surface area contributed by atoms with Gasteiger partial charge in [-0.2, -0.15) is 10.1 Å². The summed E-state index contributed by atoms with van der Waals surface area (Å²) < 4.78 is 1.74. The number of carbonyl (C=O) groups is 1. The van der Waals surface area contributed by atoms with E-state index in [1.54, 1.807) is 41.5 Å². The first-order valence-electron chi connectivity index (χ1n) is 9.56. The zero-order chi connectivity index (χ0) is 21.1. The van der Waals surface area contributed by atoms with Crippen molar-refractivity contribution in [2.24, 2.45) is 28.1 Å². The number of hydrogen-bond acceptors (Lipinski definition) is 7. The predicted molar refractivity (Wildman–Crippen MR) is 115 cm³/mol. The molecule has 3 aliphatic rings. The van der Waals surface area contributed by atoms with Gasteiger partial charge in [-0.1, -0.05) is 24.5 Å². The summed E-state index contributed by atoms with van der Waals surface area (Å²) in [5, 5.41) is 25.8. The van der Waals surface area contributed by atoms with Crippen LogP contribution in [0.3, 0.4) is 0 Å². The molecular formula is C20H21N8O2+. The van der Waals surface area contributed by atoms with Crippen molar-refractivity contribution in [2.75, 3.05) is 10.6 Å². The molecule has 1 aromatic heterocycles. The number of hydrogen-bond donors (Lipinski definition) is 3. The second-order valence-corrected chi connectivity index (χ2v) is 7.79. The fourth-order valence-corrected chi connectivity index (χ4v) is 3.89. The van der Waals surface area contributed by atoms with Crippen LogP contribution in [0.1, 0.15) is 19.4 Å². The SMILES string of the molecule is CC(C)C1(O)C(=O)Nc2cc(NC3=N[N+]4(c5cnn(C)c5)C=CN=CC4=N3)ccc21. The Hall–Kier alpha value is -3.63. The van der Waals surface area contributed by atoms with E-state index in [9.17, 15) is 9.90 Å². The number of amides is 1. The number of amidine groups is 1. The van der Waals surface area contributed by atoms with Crippen LogP contribution in [0.2, 0.25) is 0 Å². The van der Waals surface area contributed by atoms with E-state index >= 15 is 0 Å². The number of carbonyl (C=O) groups excluding carboxylic acids is 1. The lowest BCUT2D eigenvalue weighted by molar-refractivity contribution is -0.138. The number of aromatic nitrogens is 2. The molecule has 1 aromatic carbocycles. The Morgan fingerprint density at radius 2 is 2.17 bits per heavy atom. The molecule has 4 heterocycles. The monoisotopic (exact) mass is 405 g/mol. The minimum Gasteiger partial charge on any atom is -0.375 e. The summed E-state index contributed by atoms with van der Waals surface area (Å²) in [5.41, 5.74) is 1.13. The second-order valence-electron chi connectivity index (χ2n) is 7.79. The summed E-state index contributed by atoms with van der Waals surface area (Å²) in [4.78, 5) is 21.1. The van der Waals surface area contributed by atoms with Gasteiger partial charge in [0.1, 0.15) is 12.4 Å². The molecule has 3 N–H and O–H groups in total. The van der Waals surface area contributed by atoms with Crippen LogP contribution < -0.4 is 15.2 Å². The Morgan fingerprint density at radius 1 is 1.33 bits per heavy atom. The number of rotatable bonds is 3. The Morgan fingerprint density at radius 3 is 2.90 bits per heavy atom. The lowest BCUT2D eigenvalue weighted by atomic mass is 9.84. The van der Waals surface area contributed by atoms with Gasteiger partial charge in [-0.05, 0) is 23.2 Å². The van der Waals surface area contributed by atoms with Crippen molar-refractivity contribution in [3.63, 3.8) is 0 Å². The second kappa shape index (κ2) is 6.18. The van der Waals surface area contributed by atoms with Crippen molar-refractivity contribution in [1.29, 1.82) is 0 Å². The van der Waals surface area contributed by atoms with Crippen LogP contribution in [0.4, 0.5) is 17.1 Å². The fraction of sp³-hybridized carbons (Fsp3) is 0.250. The first kappa shape index (κ1) is 18.4. The van der Waals surface area contributed by atoms with Crippen molar-refractivity contribution in [2.45, 2.75) is 19.4 Å². The van der Waals surface area contributed by atoms with E-state index < -0.39 is 11.5 Å². The van der Waals surface area contributed by atoms with Crippen LogP contribution in [0, 0.1) is 5.92 Å². The van der Waals surface area contributed by atoms with Crippen LogP contribution >= 0.6 is 0 Å². The minimum atomic E-state index is -1.53. The smallest absolute Gasteiger partial charge is 0.287 e. The molecule has 3 aliphatic heterocycles. The molecule has 0 spiro atoms. The number of quaternary nitrogens is 1. The Labute approximate surface area is 172 Å². The number of benzene rings is 1. The van der Waals surface area contributed by atoms with Gasteiger partial charge in [0.2, 0.25) is 5.69 Å². The number of nitrogens with one attached hydrogen (secondary N) is 2. The highest BCUT2D eigenvalue weighted by Crippen LogP contribution is 2.42. The molecule has 152 valence electrons. The maximum atomic E-state index is 12.4. The van der Waals surface area contributed by atoms with Gasteiger partial charge in [0.15, 0.2) is 11.8 Å². The Kier molecular flexibility index (Phi) is 3.79. The largest absolute Gasteiger partial charge is 0.375 e. The van der Waals surface area contributed by atoms with Gasteiger partial charge in [0, 0.05) is 24.0 Å². The molecule has 2 atom stereocenters. The van der Waals surface area contributed by atoms with Crippen LogP contribution in [0.25, 0.3) is 0 Å². The average Bonchev–Trinajstić information content (AvgIpc) is 3.37. The van der Waals surface area contributed by atoms with Crippen LogP contribution in [0.15, 0.2) is 58.1 Å². The molecule has 10 nitrogen and oxygen atoms in total. The summed E-state index contributed by atoms with van der Waals surface area (Å²) in [6.07, 6.45) is 8.79. The summed E-state index contributed by atoms with van der Waals surface area (Å²) in [6, 6.07) is 5.31. The number of anilines is 2. The fourth-order valence-electron chi connectivity index (χ4n) is 3.89. The zero-order valence-electron chi connectivity index (χ0n) is 16.7. The highest BCUT2D eigenvalue weighted by atomic mass is 16.3. The molecular weight excluding hydrogens is 384 g/mol. The van der Waals surface area contributed by atoms with E-state index in [0.29, 0.717) is 28.7 Å². The zero-order valence-corrected chi connectivity index (χ0v) is 16.7. The van der Waals surface area contributed by atoms with Crippen LogP contribution in [-0.4, -0.2) is 38.8 Å². The molecule has 0 saturated carbocycles. The van der Waals surface area contributed by atoms with Crippen molar-refractivity contribution < 1.29 is 9.90 Å². The van der Waals surface area contributed by atoms with Gasteiger partial charge in [0.25, 0.3) is 17.7 Å². The topological polar surface area (TPSA) is 116 Å². The molecule has 2 unspecified atom stereocenters. The van der Waals surface area contributed by atoms with Gasteiger partial charge in [-0.25, -0.2) is 0 Å². The van der Waals surface area contributed by atoms with Crippen molar-refractivity contribution in [3.8, 4) is 0 Å². The molecule has 30 heavy (non-hydrogen) atoms. The molecule has 0 radical (unpaired) electrons. The highest BCUT2D eigenvalue weighted by Gasteiger charge is 2.48. The molecule has 0 fully saturated rings. The number of fused-ring (bicyclic) bond motifs is 2. The molecule has 2 aromatic rings. The molecule has 0 saturated heterocycles. The summed E-state index contributed by atoms with van der Waals surface area (Å²) >= 11 is 0. The summed E-state index contributed by atoms with van der Waals surface area (Å²) in [7, 11) is 1.84. The van der Waals surface area contributed by atoms with E-state index in [-0.39, 0.29) is 10.5 Å². The van der Waals surface area contributed by atoms with E-state index in [1.807, 2.05) is 33.3 Å². The van der Waals surface area contributed by atoms with E-state index in [1.165, 1.54) is 0 Å². The third-order valence-electron chi connectivity index (χ3n) is 5.58. The van der Waals surface area contributed by atoms with E-state index in [4.69, 9.17) is 5.10 Å². The molecule has 0 aliphatic carbocycles. The maximum Gasteiger partial charge on any atom is 0.287 e. The van der Waals surface area contributed by atoms with E-state index in [2.05, 4.69) is 25.7 Å². The minimum absolute atomic E-state index is 0.0362. The first-order chi connectivity index (χ1) is 14.3. The molecule has 0 bridgehead atoms. The standard InChI is InChI=1S/C20H20N8O2/c1-12(2)20(30)15-5-4-13(8-16(15)24-18(20)29)23-19-25-17-10-21-6-7-28(17,26-19)14-9-22-27(3)11-14/h4-12,30H,1-3H3,(H-,23,24,26,29)/p+1. The number of nitrogens with zero attached hydrogens (tertiary/aromatic N) is 6. The van der Waals surface area contributed by atoms with Crippen molar-refractivity contribution in [1.82, 2.24) is 14.4 Å². The van der Waals surface area contributed by atoms with Gasteiger partial charge < -0.3 is 15.7 Å². The normalized spacial score (nSPS) is 26.4. The number of aliphatic hydroxyl groups is 1. The molecule has 10 heteroatoms. The Bertz CT molecular complexity index is 1190. The molecule has 5 rings (SSSR count). The maximum absolute atomic E-state index is 12.4.